The monoisotopic (exact) mass is 346 g/mol. The van der Waals surface area contributed by atoms with Crippen LogP contribution in [0.2, 0.25) is 5.02 Å². The summed E-state index contributed by atoms with van der Waals surface area (Å²) in [5.41, 5.74) is 2.83. The maximum atomic E-state index is 12.5. The molecule has 0 aliphatic carbocycles. The summed E-state index contributed by atoms with van der Waals surface area (Å²) in [6.45, 7) is 2.29. The molecule has 1 fully saturated rings. The lowest BCUT2D eigenvalue weighted by atomic mass is 10.1. The molecule has 0 bridgehead atoms. The highest BCUT2D eigenvalue weighted by Crippen LogP contribution is 2.29. The minimum Gasteiger partial charge on any atom is -0.365 e. The predicted molar refractivity (Wildman–Crippen MR) is 93.6 cm³/mol. The van der Waals surface area contributed by atoms with Crippen LogP contribution in [0.4, 0.5) is 10.5 Å². The van der Waals surface area contributed by atoms with Gasteiger partial charge in [0, 0.05) is 10.7 Å². The Kier molecular flexibility index (Phi) is 4.59. The lowest BCUT2D eigenvalue weighted by Gasteiger charge is -2.15. The summed E-state index contributed by atoms with van der Waals surface area (Å²) < 4.78 is 0. The molecule has 1 heterocycles. The molecule has 1 aliphatic rings. The minimum absolute atomic E-state index is 0.226. The van der Waals surface area contributed by atoms with Gasteiger partial charge in [0.25, 0.3) is 11.1 Å². The van der Waals surface area contributed by atoms with Gasteiger partial charge in [-0.3, -0.25) is 14.5 Å². The lowest BCUT2D eigenvalue weighted by Crippen LogP contribution is -2.33. The molecule has 1 N–H and O–H groups in total. The molecule has 2 aromatic carbocycles. The maximum absolute atomic E-state index is 12.5. The number of carbonyl (C=O) groups excluding carboxylic acids is 2. The number of nitrogens with zero attached hydrogens (tertiary/aromatic N) is 1. The van der Waals surface area contributed by atoms with E-state index in [1.165, 1.54) is 4.90 Å². The van der Waals surface area contributed by atoms with Crippen LogP contribution in [0.5, 0.6) is 0 Å². The van der Waals surface area contributed by atoms with Gasteiger partial charge in [-0.05, 0) is 48.5 Å². The van der Waals surface area contributed by atoms with Gasteiger partial charge in [-0.2, -0.15) is 0 Å². The largest absolute Gasteiger partial charge is 0.365 e. The molecule has 4 nitrogen and oxygen atoms in total. The molecule has 0 saturated carbocycles. The molecule has 0 unspecified atom stereocenters. The third-order valence-electron chi connectivity index (χ3n) is 3.53. The zero-order chi connectivity index (χ0) is 16.4. The Morgan fingerprint density at radius 3 is 2.39 bits per heavy atom. The van der Waals surface area contributed by atoms with Crippen LogP contribution in [0.15, 0.2) is 48.5 Å². The third kappa shape index (κ3) is 3.68. The highest BCUT2D eigenvalue weighted by atomic mass is 35.5. The van der Waals surface area contributed by atoms with Crippen molar-refractivity contribution in [3.8, 4) is 0 Å². The number of imide groups is 1. The number of aryl methyl sites for hydroxylation is 1. The molecule has 0 aromatic heterocycles. The first-order valence-electron chi connectivity index (χ1n) is 7.12. The van der Waals surface area contributed by atoms with Crippen LogP contribution in [0.25, 0.3) is 0 Å². The van der Waals surface area contributed by atoms with Crippen LogP contribution in [0.1, 0.15) is 11.1 Å². The highest BCUT2D eigenvalue weighted by Gasteiger charge is 2.39. The topological polar surface area (TPSA) is 49.4 Å². The molecule has 23 heavy (non-hydrogen) atoms. The van der Waals surface area contributed by atoms with Crippen LogP contribution in [-0.2, 0) is 11.3 Å². The summed E-state index contributed by atoms with van der Waals surface area (Å²) in [5, 5.41) is 2.85. The molecule has 2 amide bonds. The van der Waals surface area contributed by atoms with E-state index in [0.717, 1.165) is 28.6 Å². The number of nitrogens with one attached hydrogen (secondary N) is 1. The molecule has 3 rings (SSSR count). The van der Waals surface area contributed by atoms with Crippen LogP contribution in [0, 0.1) is 6.92 Å². The van der Waals surface area contributed by atoms with Crippen molar-refractivity contribution in [2.75, 3.05) is 5.32 Å². The number of hydrogen-bond acceptors (Lipinski definition) is 4. The van der Waals surface area contributed by atoms with E-state index in [1.54, 1.807) is 24.3 Å². The number of hydrogen-bond donors (Lipinski definition) is 1. The van der Waals surface area contributed by atoms with Crippen molar-refractivity contribution in [3.63, 3.8) is 0 Å². The van der Waals surface area contributed by atoms with E-state index in [2.05, 4.69) is 5.32 Å². The zero-order valence-corrected chi connectivity index (χ0v) is 14.0. The van der Waals surface area contributed by atoms with Gasteiger partial charge in [0.1, 0.15) is 0 Å². The van der Waals surface area contributed by atoms with Crippen LogP contribution >= 0.6 is 23.4 Å². The standard InChI is InChI=1S/C17H15ClN2O2S/c1-11-2-4-12(5-3-11)10-20-16(21)15(23-17(20)22)19-14-8-6-13(18)7-9-14/h2-9,15,19H,10H2,1H3/t15-/m1/s1. The van der Waals surface area contributed by atoms with Gasteiger partial charge in [-0.15, -0.1) is 0 Å². The fourth-order valence-corrected chi connectivity index (χ4v) is 3.29. The van der Waals surface area contributed by atoms with Crippen LogP contribution in [0.3, 0.4) is 0 Å². The minimum atomic E-state index is -0.603. The quantitative estimate of drug-likeness (QED) is 0.897. The summed E-state index contributed by atoms with van der Waals surface area (Å²) in [6, 6.07) is 14.8. The summed E-state index contributed by atoms with van der Waals surface area (Å²) in [4.78, 5) is 25.9. The number of halogens is 1. The SMILES string of the molecule is Cc1ccc(CN2C(=O)S[C@@H](Nc3ccc(Cl)cc3)C2=O)cc1. The highest BCUT2D eigenvalue weighted by molar-refractivity contribution is 8.15. The van der Waals surface area contributed by atoms with Crippen molar-refractivity contribution in [2.45, 2.75) is 18.8 Å². The number of anilines is 1. The Balaban J connectivity index is 1.69. The van der Waals surface area contributed by atoms with Crippen molar-refractivity contribution in [1.29, 1.82) is 0 Å². The van der Waals surface area contributed by atoms with Gasteiger partial charge in [0.05, 0.1) is 6.54 Å². The zero-order valence-electron chi connectivity index (χ0n) is 12.5. The number of thioether (sulfide) groups is 1. The van der Waals surface area contributed by atoms with E-state index in [1.807, 2.05) is 31.2 Å². The Labute approximate surface area is 143 Å². The molecule has 2 aromatic rings. The van der Waals surface area contributed by atoms with Gasteiger partial charge >= 0.3 is 0 Å². The fourth-order valence-electron chi connectivity index (χ4n) is 2.25. The van der Waals surface area contributed by atoms with E-state index >= 15 is 0 Å². The number of carbonyl (C=O) groups is 2. The second-order valence-electron chi connectivity index (χ2n) is 5.33. The molecule has 1 aliphatic heterocycles. The van der Waals surface area contributed by atoms with Crippen LogP contribution in [-0.4, -0.2) is 21.4 Å². The predicted octanol–water partition coefficient (Wildman–Crippen LogP) is 4.28. The molecule has 1 saturated heterocycles. The van der Waals surface area contributed by atoms with Crippen molar-refractivity contribution < 1.29 is 9.59 Å². The summed E-state index contributed by atoms with van der Waals surface area (Å²) in [6.07, 6.45) is 0. The summed E-state index contributed by atoms with van der Waals surface area (Å²) in [7, 11) is 0. The summed E-state index contributed by atoms with van der Waals surface area (Å²) >= 11 is 6.84. The Bertz CT molecular complexity index is 731. The van der Waals surface area contributed by atoms with E-state index in [0.29, 0.717) is 11.6 Å². The molecule has 6 heteroatoms. The fraction of sp³-hybridized carbons (Fsp3) is 0.176. The Morgan fingerprint density at radius 1 is 1.09 bits per heavy atom. The molecule has 0 spiro atoms. The Hall–Kier alpha value is -1.98. The second kappa shape index (κ2) is 6.64. The Morgan fingerprint density at radius 2 is 1.74 bits per heavy atom. The number of rotatable bonds is 4. The first-order valence-corrected chi connectivity index (χ1v) is 8.38. The average Bonchev–Trinajstić information content (AvgIpc) is 2.79. The molecule has 118 valence electrons. The molecule has 1 atom stereocenters. The van der Waals surface area contributed by atoms with Gasteiger partial charge in [0.2, 0.25) is 0 Å². The number of benzene rings is 2. The van der Waals surface area contributed by atoms with E-state index in [-0.39, 0.29) is 11.1 Å². The average molecular weight is 347 g/mol. The van der Waals surface area contributed by atoms with Crippen molar-refractivity contribution >= 4 is 40.2 Å². The molecular weight excluding hydrogens is 332 g/mol. The number of amides is 2. The first kappa shape index (κ1) is 15.9. The second-order valence-corrected chi connectivity index (χ2v) is 6.82. The van der Waals surface area contributed by atoms with Gasteiger partial charge < -0.3 is 5.32 Å². The van der Waals surface area contributed by atoms with Crippen molar-refractivity contribution in [3.05, 3.63) is 64.7 Å². The van der Waals surface area contributed by atoms with E-state index in [9.17, 15) is 9.59 Å². The van der Waals surface area contributed by atoms with Gasteiger partial charge in [0.15, 0.2) is 5.37 Å². The molecular formula is C17H15ClN2O2S. The maximum Gasteiger partial charge on any atom is 0.291 e. The van der Waals surface area contributed by atoms with Crippen molar-refractivity contribution in [2.24, 2.45) is 0 Å². The summed E-state index contributed by atoms with van der Waals surface area (Å²) in [5.74, 6) is -0.226. The van der Waals surface area contributed by atoms with E-state index in [4.69, 9.17) is 11.6 Å². The van der Waals surface area contributed by atoms with Crippen molar-refractivity contribution in [1.82, 2.24) is 4.90 Å². The van der Waals surface area contributed by atoms with Crippen LogP contribution < -0.4 is 5.32 Å². The first-order chi connectivity index (χ1) is 11.0. The molecule has 0 radical (unpaired) electrons. The third-order valence-corrected chi connectivity index (χ3v) is 4.76. The normalized spacial score (nSPS) is 17.7. The van der Waals surface area contributed by atoms with Gasteiger partial charge in [-0.25, -0.2) is 0 Å². The lowest BCUT2D eigenvalue weighted by molar-refractivity contribution is -0.126. The smallest absolute Gasteiger partial charge is 0.291 e. The van der Waals surface area contributed by atoms with E-state index < -0.39 is 5.37 Å². The van der Waals surface area contributed by atoms with Gasteiger partial charge in [-0.1, -0.05) is 41.4 Å².